The van der Waals surface area contributed by atoms with Crippen molar-refractivity contribution in [3.8, 4) is 5.75 Å². The van der Waals surface area contributed by atoms with E-state index in [0.717, 1.165) is 11.3 Å². The second kappa shape index (κ2) is 6.23. The van der Waals surface area contributed by atoms with Gasteiger partial charge in [0, 0.05) is 28.8 Å². The maximum atomic E-state index is 10.6. The SMILES string of the molecule is O=[N+]([O-])c1ccc(NCc2ccc(O)c(Br)c2)c(Br)c1. The number of hydrogen-bond acceptors (Lipinski definition) is 4. The number of nitrogens with one attached hydrogen (secondary N) is 1. The van der Waals surface area contributed by atoms with Crippen LogP contribution < -0.4 is 5.32 Å². The van der Waals surface area contributed by atoms with Crippen LogP contribution in [0.1, 0.15) is 5.56 Å². The molecule has 0 atom stereocenters. The highest BCUT2D eigenvalue weighted by Crippen LogP contribution is 2.28. The van der Waals surface area contributed by atoms with Gasteiger partial charge >= 0.3 is 0 Å². The maximum Gasteiger partial charge on any atom is 0.270 e. The zero-order valence-electron chi connectivity index (χ0n) is 10.1. The molecule has 0 fully saturated rings. The van der Waals surface area contributed by atoms with Gasteiger partial charge in [0.15, 0.2) is 0 Å². The summed E-state index contributed by atoms with van der Waals surface area (Å²) in [7, 11) is 0. The summed E-state index contributed by atoms with van der Waals surface area (Å²) in [4.78, 5) is 10.2. The molecular formula is C13H10Br2N2O3. The molecule has 104 valence electrons. The van der Waals surface area contributed by atoms with Crippen LogP contribution in [-0.2, 0) is 6.54 Å². The number of benzene rings is 2. The molecule has 0 amide bonds. The first-order valence-corrected chi connectivity index (χ1v) is 7.21. The number of non-ortho nitro benzene ring substituents is 1. The van der Waals surface area contributed by atoms with Crippen molar-refractivity contribution in [1.29, 1.82) is 0 Å². The highest BCUT2D eigenvalue weighted by molar-refractivity contribution is 9.11. The van der Waals surface area contributed by atoms with Gasteiger partial charge in [0.25, 0.3) is 5.69 Å². The summed E-state index contributed by atoms with van der Waals surface area (Å²) >= 11 is 6.55. The molecule has 0 aromatic heterocycles. The largest absolute Gasteiger partial charge is 0.507 e. The fourth-order valence-electron chi connectivity index (χ4n) is 1.62. The molecule has 0 aliphatic rings. The Bertz CT molecular complexity index is 662. The van der Waals surface area contributed by atoms with Gasteiger partial charge in [-0.15, -0.1) is 0 Å². The number of phenolic OH excluding ortho intramolecular Hbond substituents is 1. The third-order valence-corrected chi connectivity index (χ3v) is 3.95. The number of halogens is 2. The van der Waals surface area contributed by atoms with Crippen molar-refractivity contribution in [2.45, 2.75) is 6.54 Å². The first kappa shape index (κ1) is 14.8. The Morgan fingerprint density at radius 1 is 1.15 bits per heavy atom. The summed E-state index contributed by atoms with van der Waals surface area (Å²) in [6, 6.07) is 9.76. The molecule has 0 unspecified atom stereocenters. The van der Waals surface area contributed by atoms with E-state index < -0.39 is 4.92 Å². The molecule has 0 heterocycles. The standard InChI is InChI=1S/C13H10Br2N2O3/c14-10-6-9(17(19)20)2-3-12(10)16-7-8-1-4-13(18)11(15)5-8/h1-6,16,18H,7H2. The topological polar surface area (TPSA) is 75.4 Å². The Morgan fingerprint density at radius 2 is 1.90 bits per heavy atom. The van der Waals surface area contributed by atoms with Crippen LogP contribution in [0, 0.1) is 10.1 Å². The molecular weight excluding hydrogens is 392 g/mol. The minimum Gasteiger partial charge on any atom is -0.507 e. The minimum atomic E-state index is -0.439. The van der Waals surface area contributed by atoms with Gasteiger partial charge in [-0.05, 0) is 55.6 Å². The van der Waals surface area contributed by atoms with E-state index in [1.165, 1.54) is 12.1 Å². The maximum absolute atomic E-state index is 10.6. The van der Waals surface area contributed by atoms with Crippen LogP contribution in [0.15, 0.2) is 45.3 Å². The lowest BCUT2D eigenvalue weighted by Crippen LogP contribution is -2.00. The molecule has 0 radical (unpaired) electrons. The van der Waals surface area contributed by atoms with Crippen molar-refractivity contribution >= 4 is 43.2 Å². The predicted octanol–water partition coefficient (Wildman–Crippen LogP) is 4.44. The molecule has 2 rings (SSSR count). The Morgan fingerprint density at radius 3 is 2.50 bits per heavy atom. The smallest absolute Gasteiger partial charge is 0.270 e. The molecule has 2 aromatic carbocycles. The fraction of sp³-hybridized carbons (Fsp3) is 0.0769. The van der Waals surface area contributed by atoms with Crippen LogP contribution in [0.4, 0.5) is 11.4 Å². The quantitative estimate of drug-likeness (QED) is 0.586. The summed E-state index contributed by atoms with van der Waals surface area (Å²) in [5.74, 6) is 0.185. The highest BCUT2D eigenvalue weighted by atomic mass is 79.9. The van der Waals surface area contributed by atoms with E-state index in [9.17, 15) is 15.2 Å². The van der Waals surface area contributed by atoms with Crippen LogP contribution in [0.2, 0.25) is 0 Å². The fourth-order valence-corrected chi connectivity index (χ4v) is 2.55. The minimum absolute atomic E-state index is 0.0369. The molecule has 7 heteroatoms. The highest BCUT2D eigenvalue weighted by Gasteiger charge is 2.09. The zero-order valence-corrected chi connectivity index (χ0v) is 13.3. The van der Waals surface area contributed by atoms with Crippen molar-refractivity contribution in [3.63, 3.8) is 0 Å². The average Bonchev–Trinajstić information content (AvgIpc) is 2.41. The zero-order chi connectivity index (χ0) is 14.7. The molecule has 2 aromatic rings. The van der Waals surface area contributed by atoms with Gasteiger partial charge in [-0.25, -0.2) is 0 Å². The molecule has 0 spiro atoms. The van der Waals surface area contributed by atoms with Crippen LogP contribution in [0.5, 0.6) is 5.75 Å². The summed E-state index contributed by atoms with van der Waals surface area (Å²) in [5, 5.41) is 23.2. The second-order valence-electron chi connectivity index (χ2n) is 4.06. The van der Waals surface area contributed by atoms with Gasteiger partial charge in [-0.3, -0.25) is 10.1 Å². The van der Waals surface area contributed by atoms with E-state index in [-0.39, 0.29) is 11.4 Å². The van der Waals surface area contributed by atoms with E-state index in [2.05, 4.69) is 37.2 Å². The molecule has 0 aliphatic carbocycles. The number of nitrogens with zero attached hydrogens (tertiary/aromatic N) is 1. The number of anilines is 1. The van der Waals surface area contributed by atoms with Crippen LogP contribution >= 0.6 is 31.9 Å². The Labute approximate surface area is 132 Å². The molecule has 0 saturated carbocycles. The van der Waals surface area contributed by atoms with Gasteiger partial charge in [-0.1, -0.05) is 6.07 Å². The molecule has 5 nitrogen and oxygen atoms in total. The van der Waals surface area contributed by atoms with Crippen molar-refractivity contribution in [2.24, 2.45) is 0 Å². The van der Waals surface area contributed by atoms with Gasteiger partial charge < -0.3 is 10.4 Å². The number of phenols is 1. The third-order valence-electron chi connectivity index (χ3n) is 2.66. The van der Waals surface area contributed by atoms with Crippen molar-refractivity contribution in [1.82, 2.24) is 0 Å². The predicted molar refractivity (Wildman–Crippen MR) is 83.9 cm³/mol. The first-order valence-electron chi connectivity index (χ1n) is 5.62. The Balaban J connectivity index is 2.10. The lowest BCUT2D eigenvalue weighted by atomic mass is 10.2. The van der Waals surface area contributed by atoms with Gasteiger partial charge in [0.1, 0.15) is 5.75 Å². The van der Waals surface area contributed by atoms with E-state index in [4.69, 9.17) is 0 Å². The third kappa shape index (κ3) is 3.49. The lowest BCUT2D eigenvalue weighted by molar-refractivity contribution is -0.384. The van der Waals surface area contributed by atoms with Crippen LogP contribution in [0.3, 0.4) is 0 Å². The molecule has 0 bridgehead atoms. The lowest BCUT2D eigenvalue weighted by Gasteiger charge is -2.09. The molecule has 20 heavy (non-hydrogen) atoms. The number of hydrogen-bond donors (Lipinski definition) is 2. The van der Waals surface area contributed by atoms with Crippen molar-refractivity contribution in [3.05, 3.63) is 61.0 Å². The van der Waals surface area contributed by atoms with E-state index >= 15 is 0 Å². The molecule has 2 N–H and O–H groups in total. The Kier molecular flexibility index (Phi) is 4.61. The second-order valence-corrected chi connectivity index (χ2v) is 5.77. The van der Waals surface area contributed by atoms with Gasteiger partial charge in [0.2, 0.25) is 0 Å². The number of nitro benzene ring substituents is 1. The summed E-state index contributed by atoms with van der Waals surface area (Å²) in [6.07, 6.45) is 0. The summed E-state index contributed by atoms with van der Waals surface area (Å²) < 4.78 is 1.25. The summed E-state index contributed by atoms with van der Waals surface area (Å²) in [5.41, 5.74) is 1.77. The normalized spacial score (nSPS) is 10.3. The molecule has 0 saturated heterocycles. The van der Waals surface area contributed by atoms with Crippen molar-refractivity contribution < 1.29 is 10.0 Å². The average molecular weight is 402 g/mol. The Hall–Kier alpha value is -1.60. The van der Waals surface area contributed by atoms with Crippen LogP contribution in [0.25, 0.3) is 0 Å². The van der Waals surface area contributed by atoms with Gasteiger partial charge in [-0.2, -0.15) is 0 Å². The van der Waals surface area contributed by atoms with Crippen LogP contribution in [-0.4, -0.2) is 10.0 Å². The number of rotatable bonds is 4. The van der Waals surface area contributed by atoms with Crippen molar-refractivity contribution in [2.75, 3.05) is 5.32 Å². The van der Waals surface area contributed by atoms with E-state index in [1.54, 1.807) is 18.2 Å². The monoisotopic (exact) mass is 400 g/mol. The molecule has 0 aliphatic heterocycles. The van der Waals surface area contributed by atoms with E-state index in [0.29, 0.717) is 15.5 Å². The van der Waals surface area contributed by atoms with E-state index in [1.807, 2.05) is 6.07 Å². The van der Waals surface area contributed by atoms with Gasteiger partial charge in [0.05, 0.1) is 9.40 Å². The first-order chi connectivity index (χ1) is 9.47. The summed E-state index contributed by atoms with van der Waals surface area (Å²) in [6.45, 7) is 0.537. The number of nitro groups is 1. The number of aromatic hydroxyl groups is 1.